The summed E-state index contributed by atoms with van der Waals surface area (Å²) in [7, 11) is 0. The Morgan fingerprint density at radius 3 is 1.89 bits per heavy atom. The topological polar surface area (TPSA) is 34.1 Å². The Balaban J connectivity index is 4.85. The molecule has 5 unspecified atom stereocenters. The zero-order valence-corrected chi connectivity index (χ0v) is 14.6. The van der Waals surface area contributed by atoms with Crippen molar-refractivity contribution in [2.75, 3.05) is 4.43 Å². The Hall–Kier alpha value is 0.0700. The monoisotopic (exact) mass is 366 g/mol. The highest BCUT2D eigenvalue weighted by molar-refractivity contribution is 14.1. The smallest absolute Gasteiger partial charge is 0.138 e. The summed E-state index contributed by atoms with van der Waals surface area (Å²) in [5.41, 5.74) is 0. The van der Waals surface area contributed by atoms with Gasteiger partial charge in [-0.25, -0.2) is 0 Å². The van der Waals surface area contributed by atoms with E-state index in [-0.39, 0.29) is 17.8 Å². The van der Waals surface area contributed by atoms with Crippen LogP contribution in [0.3, 0.4) is 0 Å². The molecule has 0 aliphatic heterocycles. The van der Waals surface area contributed by atoms with Crippen LogP contribution in [0.5, 0.6) is 0 Å². The van der Waals surface area contributed by atoms with E-state index in [0.29, 0.717) is 23.5 Å². The molecule has 0 aromatic rings. The van der Waals surface area contributed by atoms with Crippen LogP contribution in [-0.4, -0.2) is 16.5 Å². The summed E-state index contributed by atoms with van der Waals surface area (Å²) >= 11 is 2.38. The highest BCUT2D eigenvalue weighted by Crippen LogP contribution is 2.33. The fourth-order valence-electron chi connectivity index (χ4n) is 2.43. The quantitative estimate of drug-likeness (QED) is 0.370. The number of carbonyl (C=O) groups is 2. The van der Waals surface area contributed by atoms with Crippen LogP contribution in [0.1, 0.15) is 41.5 Å². The number of hydrogen-bond donors (Lipinski definition) is 0. The minimum Gasteiger partial charge on any atom is -0.303 e. The fraction of sp³-hybridized carbons (Fsp3) is 0.867. The molecule has 106 valence electrons. The van der Waals surface area contributed by atoms with Crippen molar-refractivity contribution in [2.24, 2.45) is 35.5 Å². The Bertz CT molecular complexity index is 276. The molecule has 5 atom stereocenters. The number of ketones is 1. The van der Waals surface area contributed by atoms with Gasteiger partial charge in [-0.2, -0.15) is 0 Å². The molecule has 0 bridgehead atoms. The first-order valence-electron chi connectivity index (χ1n) is 6.82. The Kier molecular flexibility index (Phi) is 8.31. The van der Waals surface area contributed by atoms with Crippen molar-refractivity contribution in [3.05, 3.63) is 0 Å². The number of carbonyl (C=O) groups excluding carboxylic acids is 2. The van der Waals surface area contributed by atoms with Gasteiger partial charge in [0.05, 0.1) is 0 Å². The molecular formula is C15H27IO2. The standard InChI is InChI=1S/C15H27IO2/c1-9(2)15(18)13(6)12(5)14(7-16)11(4)10(3)8-17/h8-14H,7H2,1-6H3. The van der Waals surface area contributed by atoms with Crippen LogP contribution in [0, 0.1) is 35.5 Å². The third-order valence-electron chi connectivity index (χ3n) is 4.38. The predicted octanol–water partition coefficient (Wildman–Crippen LogP) is 4.01. The summed E-state index contributed by atoms with van der Waals surface area (Å²) in [6.45, 7) is 12.2. The van der Waals surface area contributed by atoms with Crippen molar-refractivity contribution < 1.29 is 9.59 Å². The maximum absolute atomic E-state index is 12.1. The number of Topliss-reactive ketones (excluding diaryl/α,β-unsaturated/α-hetero) is 1. The van der Waals surface area contributed by atoms with E-state index in [1.807, 2.05) is 27.7 Å². The molecule has 18 heavy (non-hydrogen) atoms. The predicted molar refractivity (Wildman–Crippen MR) is 84.9 cm³/mol. The SMILES string of the molecule is CC(C)C(=O)C(C)C(C)C(CI)C(C)C(C)C=O. The number of aldehydes is 1. The van der Waals surface area contributed by atoms with E-state index in [2.05, 4.69) is 36.4 Å². The average molecular weight is 366 g/mol. The van der Waals surface area contributed by atoms with Crippen LogP contribution in [-0.2, 0) is 9.59 Å². The summed E-state index contributed by atoms with van der Waals surface area (Å²) in [5.74, 6) is 1.65. The summed E-state index contributed by atoms with van der Waals surface area (Å²) in [6.07, 6.45) is 1.03. The number of alkyl halides is 1. The summed E-state index contributed by atoms with van der Waals surface area (Å²) in [4.78, 5) is 23.0. The molecule has 0 amide bonds. The van der Waals surface area contributed by atoms with Gasteiger partial charge in [0.15, 0.2) is 0 Å². The first-order chi connectivity index (χ1) is 8.27. The van der Waals surface area contributed by atoms with Gasteiger partial charge in [0, 0.05) is 22.2 Å². The highest BCUT2D eigenvalue weighted by Gasteiger charge is 2.32. The molecule has 0 aromatic carbocycles. The van der Waals surface area contributed by atoms with Crippen LogP contribution in [0.15, 0.2) is 0 Å². The second kappa shape index (κ2) is 8.28. The van der Waals surface area contributed by atoms with Crippen molar-refractivity contribution in [3.63, 3.8) is 0 Å². The lowest BCUT2D eigenvalue weighted by atomic mass is 9.72. The molecule has 2 nitrogen and oxygen atoms in total. The molecule has 0 radical (unpaired) electrons. The minimum atomic E-state index is 0.0635. The molecule has 0 aliphatic carbocycles. The van der Waals surface area contributed by atoms with Crippen LogP contribution in [0.25, 0.3) is 0 Å². The van der Waals surface area contributed by atoms with Crippen LogP contribution in [0.4, 0.5) is 0 Å². The molecule has 0 heterocycles. The van der Waals surface area contributed by atoms with Crippen molar-refractivity contribution >= 4 is 34.7 Å². The fourth-order valence-corrected chi connectivity index (χ4v) is 4.03. The molecule has 0 rings (SSSR count). The van der Waals surface area contributed by atoms with Gasteiger partial charge in [0.1, 0.15) is 12.1 Å². The number of halogens is 1. The van der Waals surface area contributed by atoms with Gasteiger partial charge in [-0.3, -0.25) is 4.79 Å². The van der Waals surface area contributed by atoms with Crippen LogP contribution >= 0.6 is 22.6 Å². The van der Waals surface area contributed by atoms with E-state index < -0.39 is 0 Å². The van der Waals surface area contributed by atoms with Crippen LogP contribution in [0.2, 0.25) is 0 Å². The molecule has 0 fully saturated rings. The first-order valence-corrected chi connectivity index (χ1v) is 8.35. The lowest BCUT2D eigenvalue weighted by molar-refractivity contribution is -0.127. The molecule has 0 aromatic heterocycles. The Morgan fingerprint density at radius 1 is 1.06 bits per heavy atom. The molecular weight excluding hydrogens is 339 g/mol. The van der Waals surface area contributed by atoms with Gasteiger partial charge in [0.25, 0.3) is 0 Å². The van der Waals surface area contributed by atoms with Gasteiger partial charge in [-0.15, -0.1) is 0 Å². The Morgan fingerprint density at radius 2 is 1.56 bits per heavy atom. The van der Waals surface area contributed by atoms with Crippen molar-refractivity contribution in [3.8, 4) is 0 Å². The van der Waals surface area contributed by atoms with E-state index in [4.69, 9.17) is 0 Å². The third kappa shape index (κ3) is 4.63. The van der Waals surface area contributed by atoms with Gasteiger partial charge >= 0.3 is 0 Å². The lowest BCUT2D eigenvalue weighted by Crippen LogP contribution is -2.34. The molecule has 0 aliphatic rings. The second-order valence-electron chi connectivity index (χ2n) is 5.88. The van der Waals surface area contributed by atoms with Crippen LogP contribution < -0.4 is 0 Å². The van der Waals surface area contributed by atoms with Gasteiger partial charge < -0.3 is 4.79 Å². The zero-order chi connectivity index (χ0) is 14.5. The highest BCUT2D eigenvalue weighted by atomic mass is 127. The minimum absolute atomic E-state index is 0.0635. The van der Waals surface area contributed by atoms with E-state index in [0.717, 1.165) is 10.7 Å². The van der Waals surface area contributed by atoms with E-state index in [9.17, 15) is 9.59 Å². The van der Waals surface area contributed by atoms with Gasteiger partial charge in [-0.1, -0.05) is 64.1 Å². The van der Waals surface area contributed by atoms with E-state index >= 15 is 0 Å². The molecule has 0 N–H and O–H groups in total. The molecule has 3 heteroatoms. The van der Waals surface area contributed by atoms with Crippen molar-refractivity contribution in [1.29, 1.82) is 0 Å². The number of hydrogen-bond acceptors (Lipinski definition) is 2. The van der Waals surface area contributed by atoms with Crippen molar-refractivity contribution in [2.45, 2.75) is 41.5 Å². The molecule has 0 spiro atoms. The summed E-state index contributed by atoms with van der Waals surface area (Å²) in [5, 5.41) is 0. The summed E-state index contributed by atoms with van der Waals surface area (Å²) in [6, 6.07) is 0. The van der Waals surface area contributed by atoms with Gasteiger partial charge in [0.2, 0.25) is 0 Å². The maximum Gasteiger partial charge on any atom is 0.138 e. The zero-order valence-electron chi connectivity index (χ0n) is 12.4. The third-order valence-corrected chi connectivity index (χ3v) is 5.40. The normalized spacial score (nSPS) is 20.0. The first kappa shape index (κ1) is 18.1. The van der Waals surface area contributed by atoms with Gasteiger partial charge in [-0.05, 0) is 17.8 Å². The summed E-state index contributed by atoms with van der Waals surface area (Å²) < 4.78 is 0.994. The Labute approximate surface area is 125 Å². The maximum atomic E-state index is 12.1. The molecule has 0 saturated heterocycles. The lowest BCUT2D eigenvalue weighted by Gasteiger charge is -2.33. The van der Waals surface area contributed by atoms with Crippen molar-refractivity contribution in [1.82, 2.24) is 0 Å². The number of rotatable bonds is 8. The van der Waals surface area contributed by atoms with E-state index in [1.54, 1.807) is 0 Å². The van der Waals surface area contributed by atoms with E-state index in [1.165, 1.54) is 0 Å². The second-order valence-corrected chi connectivity index (χ2v) is 6.76. The average Bonchev–Trinajstić information content (AvgIpc) is 2.36. The largest absolute Gasteiger partial charge is 0.303 e. The molecule has 0 saturated carbocycles.